The minimum absolute atomic E-state index is 0.240. The van der Waals surface area contributed by atoms with Crippen LogP contribution >= 0.6 is 39.3 Å². The van der Waals surface area contributed by atoms with Crippen LogP contribution in [0, 0.1) is 0 Å². The molecule has 4 aromatic rings. The Bertz CT molecular complexity index is 1330. The van der Waals surface area contributed by atoms with E-state index in [1.54, 1.807) is 6.07 Å². The summed E-state index contributed by atoms with van der Waals surface area (Å²) in [5, 5.41) is 33.1. The van der Waals surface area contributed by atoms with E-state index in [9.17, 15) is 10.2 Å². The Hall–Kier alpha value is -3.01. The first-order valence-corrected chi connectivity index (χ1v) is 12.0. The zero-order valence-corrected chi connectivity index (χ0v) is 20.0. The molecule has 10 heteroatoms. The summed E-state index contributed by atoms with van der Waals surface area (Å²) in [6.45, 7) is 0. The van der Waals surface area contributed by atoms with Gasteiger partial charge in [-0.15, -0.1) is 10.2 Å². The number of phenols is 2. The van der Waals surface area contributed by atoms with Gasteiger partial charge in [0.1, 0.15) is 0 Å². The van der Waals surface area contributed by atoms with E-state index in [-0.39, 0.29) is 11.5 Å². The quantitative estimate of drug-likeness (QED) is 0.208. The molecule has 5 rings (SSSR count). The van der Waals surface area contributed by atoms with Crippen molar-refractivity contribution < 1.29 is 14.9 Å². The summed E-state index contributed by atoms with van der Waals surface area (Å²) in [7, 11) is 0. The predicted molar refractivity (Wildman–Crippen MR) is 131 cm³/mol. The van der Waals surface area contributed by atoms with Crippen LogP contribution in [0.25, 0.3) is 11.3 Å². The number of rotatable bonds is 4. The lowest BCUT2D eigenvalue weighted by Gasteiger charge is -2.20. The second-order valence-corrected chi connectivity index (χ2v) is 9.39. The molecule has 3 N–H and O–H groups in total. The predicted octanol–water partition coefficient (Wildman–Crippen LogP) is 6.16. The number of ether oxygens (including phenoxy) is 1. The summed E-state index contributed by atoms with van der Waals surface area (Å²) >= 11 is 10.9. The second kappa shape index (κ2) is 9.09. The zero-order valence-electron chi connectivity index (χ0n) is 16.9. The molecule has 166 valence electrons. The molecule has 0 aliphatic carbocycles. The van der Waals surface area contributed by atoms with Gasteiger partial charge in [0.15, 0.2) is 23.4 Å². The number of aromatic nitrogens is 3. The lowest BCUT2D eigenvalue weighted by molar-refractivity contribution is 0.224. The molecule has 1 atom stereocenters. The number of hydrogen-bond donors (Lipinski definition) is 3. The summed E-state index contributed by atoms with van der Waals surface area (Å²) in [5.74, 6) is 0.379. The molecular formula is C23H16BrClN4O3S. The Balaban J connectivity index is 1.52. The molecule has 3 aromatic carbocycles. The minimum atomic E-state index is -0.701. The molecule has 33 heavy (non-hydrogen) atoms. The van der Waals surface area contributed by atoms with E-state index in [0.29, 0.717) is 37.5 Å². The third-order valence-corrected chi connectivity index (χ3v) is 6.88. The maximum Gasteiger partial charge on any atom is 0.247 e. The number of para-hydroxylation sites is 1. The number of nitrogens with one attached hydrogen (secondary N) is 1. The largest absolute Gasteiger partial charge is 0.504 e. The number of aromatic hydroxyl groups is 2. The molecule has 7 nitrogen and oxygen atoms in total. The highest BCUT2D eigenvalue weighted by atomic mass is 79.9. The molecule has 1 aromatic heterocycles. The molecule has 0 radical (unpaired) electrons. The lowest BCUT2D eigenvalue weighted by Crippen LogP contribution is -2.17. The Morgan fingerprint density at radius 1 is 1.06 bits per heavy atom. The highest BCUT2D eigenvalue weighted by Gasteiger charge is 2.27. The van der Waals surface area contributed by atoms with Crippen molar-refractivity contribution in [1.82, 2.24) is 15.2 Å². The van der Waals surface area contributed by atoms with Gasteiger partial charge in [0.05, 0.1) is 4.47 Å². The number of thioether (sulfide) groups is 1. The summed E-state index contributed by atoms with van der Waals surface area (Å²) in [5.41, 5.74) is 3.63. The van der Waals surface area contributed by atoms with Crippen molar-refractivity contribution >= 4 is 45.0 Å². The van der Waals surface area contributed by atoms with E-state index in [4.69, 9.17) is 16.3 Å². The standard InChI is InChI=1S/C23H16BrClN4O3S/c24-15-9-13(10-18(30)20(15)31)21-26-17-8-4-2-6-14(17)19-22(32-21)27-23(29-28-19)33-11-12-5-1-3-7-16(12)25/h1-10,21,26,30-31H,11H2/t21-/m1/s1. The Morgan fingerprint density at radius 2 is 1.85 bits per heavy atom. The number of hydrogen-bond acceptors (Lipinski definition) is 8. The molecular weight excluding hydrogens is 528 g/mol. The van der Waals surface area contributed by atoms with E-state index in [0.717, 1.165) is 16.8 Å². The van der Waals surface area contributed by atoms with Gasteiger partial charge >= 0.3 is 0 Å². The minimum Gasteiger partial charge on any atom is -0.504 e. The molecule has 0 saturated heterocycles. The van der Waals surface area contributed by atoms with E-state index < -0.39 is 6.23 Å². The zero-order chi connectivity index (χ0) is 22.9. The number of halogens is 2. The van der Waals surface area contributed by atoms with Gasteiger partial charge in [-0.3, -0.25) is 0 Å². The van der Waals surface area contributed by atoms with Crippen LogP contribution in [0.2, 0.25) is 5.02 Å². The SMILES string of the molecule is Oc1cc([C@@H]2Nc3ccccc3-c3nnc(SCc4ccccc4Cl)nc3O2)cc(Br)c1O. The van der Waals surface area contributed by atoms with Crippen LogP contribution < -0.4 is 10.1 Å². The van der Waals surface area contributed by atoms with E-state index in [1.165, 1.54) is 17.8 Å². The van der Waals surface area contributed by atoms with Crippen molar-refractivity contribution in [3.05, 3.63) is 81.3 Å². The topological polar surface area (TPSA) is 100 Å². The summed E-state index contributed by atoms with van der Waals surface area (Å²) in [4.78, 5) is 4.62. The van der Waals surface area contributed by atoms with Gasteiger partial charge in [0.25, 0.3) is 0 Å². The normalized spacial score (nSPS) is 14.4. The molecule has 1 aliphatic rings. The van der Waals surface area contributed by atoms with Crippen molar-refractivity contribution in [3.63, 3.8) is 0 Å². The average molecular weight is 544 g/mol. The third kappa shape index (κ3) is 4.44. The number of anilines is 1. The van der Waals surface area contributed by atoms with Crippen molar-refractivity contribution in [3.8, 4) is 28.6 Å². The van der Waals surface area contributed by atoms with Crippen LogP contribution in [0.5, 0.6) is 17.4 Å². The molecule has 0 unspecified atom stereocenters. The van der Waals surface area contributed by atoms with E-state index in [1.807, 2.05) is 48.5 Å². The number of nitrogens with zero attached hydrogens (tertiary/aromatic N) is 3. The Kier molecular flexibility index (Phi) is 6.01. The summed E-state index contributed by atoms with van der Waals surface area (Å²) < 4.78 is 6.56. The first kappa shape index (κ1) is 21.8. The number of fused-ring (bicyclic) bond motifs is 3. The van der Waals surface area contributed by atoms with Gasteiger partial charge in [0, 0.05) is 27.6 Å². The van der Waals surface area contributed by atoms with Gasteiger partial charge in [-0.2, -0.15) is 4.98 Å². The molecule has 0 saturated carbocycles. The number of benzene rings is 3. The maximum absolute atomic E-state index is 10.1. The monoisotopic (exact) mass is 542 g/mol. The maximum atomic E-state index is 10.1. The van der Waals surface area contributed by atoms with Crippen LogP contribution in [0.15, 0.2) is 70.3 Å². The molecule has 0 spiro atoms. The fourth-order valence-electron chi connectivity index (χ4n) is 3.37. The summed E-state index contributed by atoms with van der Waals surface area (Å²) in [6.07, 6.45) is -0.701. The van der Waals surface area contributed by atoms with Gasteiger partial charge < -0.3 is 20.3 Å². The summed E-state index contributed by atoms with van der Waals surface area (Å²) in [6, 6.07) is 18.3. The van der Waals surface area contributed by atoms with Crippen molar-refractivity contribution in [2.75, 3.05) is 5.32 Å². The molecule has 0 amide bonds. The van der Waals surface area contributed by atoms with Crippen LogP contribution in [-0.4, -0.2) is 25.4 Å². The highest BCUT2D eigenvalue weighted by molar-refractivity contribution is 9.10. The fraction of sp³-hybridized carbons (Fsp3) is 0.0870. The van der Waals surface area contributed by atoms with Gasteiger partial charge in [0.2, 0.25) is 11.0 Å². The first-order chi connectivity index (χ1) is 16.0. The van der Waals surface area contributed by atoms with Gasteiger partial charge in [-0.1, -0.05) is 59.8 Å². The van der Waals surface area contributed by atoms with Crippen LogP contribution in [0.1, 0.15) is 17.4 Å². The molecule has 2 heterocycles. The lowest BCUT2D eigenvalue weighted by atomic mass is 10.1. The van der Waals surface area contributed by atoms with E-state index >= 15 is 0 Å². The van der Waals surface area contributed by atoms with Crippen molar-refractivity contribution in [1.29, 1.82) is 0 Å². The van der Waals surface area contributed by atoms with E-state index in [2.05, 4.69) is 36.4 Å². The molecule has 0 bridgehead atoms. The van der Waals surface area contributed by atoms with Crippen LogP contribution in [0.3, 0.4) is 0 Å². The molecule has 0 fully saturated rings. The van der Waals surface area contributed by atoms with Crippen molar-refractivity contribution in [2.24, 2.45) is 0 Å². The molecule has 1 aliphatic heterocycles. The van der Waals surface area contributed by atoms with Crippen LogP contribution in [-0.2, 0) is 5.75 Å². The Morgan fingerprint density at radius 3 is 2.67 bits per heavy atom. The van der Waals surface area contributed by atoms with Gasteiger partial charge in [-0.05, 0) is 45.8 Å². The smallest absolute Gasteiger partial charge is 0.247 e. The Labute approximate surface area is 206 Å². The highest BCUT2D eigenvalue weighted by Crippen LogP contribution is 2.42. The van der Waals surface area contributed by atoms with Gasteiger partial charge in [-0.25, -0.2) is 0 Å². The second-order valence-electron chi connectivity index (χ2n) is 7.19. The fourth-order valence-corrected chi connectivity index (χ4v) is 4.90. The van der Waals surface area contributed by atoms with Crippen LogP contribution in [0.4, 0.5) is 5.69 Å². The first-order valence-electron chi connectivity index (χ1n) is 9.84. The third-order valence-electron chi connectivity index (χ3n) is 5.02. The average Bonchev–Trinajstić information content (AvgIpc) is 2.98. The number of phenolic OH excluding ortho intramolecular Hbond substituents is 2. The van der Waals surface area contributed by atoms with Crippen molar-refractivity contribution in [2.45, 2.75) is 17.1 Å².